The van der Waals surface area contributed by atoms with E-state index in [1.165, 1.54) is 12.8 Å². The molecule has 2 aliphatic carbocycles. The number of fused-ring (bicyclic) bond motifs is 2. The number of carbonyl (C=O) groups excluding carboxylic acids is 2. The van der Waals surface area contributed by atoms with E-state index in [9.17, 15) is 9.59 Å². The van der Waals surface area contributed by atoms with Crippen LogP contribution in [0.5, 0.6) is 0 Å². The highest BCUT2D eigenvalue weighted by Crippen LogP contribution is 2.35. The van der Waals surface area contributed by atoms with Crippen molar-refractivity contribution in [2.24, 2.45) is 5.92 Å². The third kappa shape index (κ3) is 5.76. The van der Waals surface area contributed by atoms with Crippen molar-refractivity contribution in [2.45, 2.75) is 52.0 Å². The van der Waals surface area contributed by atoms with Crippen molar-refractivity contribution in [1.29, 1.82) is 0 Å². The van der Waals surface area contributed by atoms with Crippen LogP contribution in [0.15, 0.2) is 55.1 Å². The minimum absolute atomic E-state index is 0.453. The van der Waals surface area contributed by atoms with Gasteiger partial charge in [-0.1, -0.05) is 11.6 Å². The lowest BCUT2D eigenvalue weighted by Crippen LogP contribution is -2.12. The highest BCUT2D eigenvalue weighted by Gasteiger charge is 2.26. The number of aldehydes is 2. The SMILES string of the molecule is Cc1c(Cl)nc2c(C=O)cnn2c1CC1CC1.Cc1c(Nc2ccc(-n3cccn3)cc2)nc2c(C=O)cnn2c1NC1CC1. The van der Waals surface area contributed by atoms with Crippen LogP contribution in [0.1, 0.15) is 63.2 Å². The Hall–Kier alpha value is -5.10. The number of rotatable bonds is 9. The second kappa shape index (κ2) is 11.8. The van der Waals surface area contributed by atoms with Gasteiger partial charge in [-0.15, -0.1) is 0 Å². The normalized spacial score (nSPS) is 14.3. The number of benzene rings is 1. The maximum absolute atomic E-state index is 11.4. The Morgan fingerprint density at radius 1 is 0.889 bits per heavy atom. The van der Waals surface area contributed by atoms with Gasteiger partial charge in [0.25, 0.3) is 0 Å². The first-order chi connectivity index (χ1) is 21.9. The summed E-state index contributed by atoms with van der Waals surface area (Å²) in [6, 6.07) is 10.3. The van der Waals surface area contributed by atoms with Gasteiger partial charge >= 0.3 is 0 Å². The Balaban J connectivity index is 0.000000163. The molecule has 12 nitrogen and oxygen atoms in total. The van der Waals surface area contributed by atoms with Crippen LogP contribution in [-0.2, 0) is 6.42 Å². The Morgan fingerprint density at radius 3 is 2.20 bits per heavy atom. The lowest BCUT2D eigenvalue weighted by Gasteiger charge is -2.16. The molecule has 2 aliphatic rings. The number of carbonyl (C=O) groups is 2. The van der Waals surface area contributed by atoms with Gasteiger partial charge in [-0.05, 0) is 82.2 Å². The smallest absolute Gasteiger partial charge is 0.170 e. The second-order valence-corrected chi connectivity index (χ2v) is 11.9. The number of aromatic nitrogens is 8. The van der Waals surface area contributed by atoms with Crippen molar-refractivity contribution in [1.82, 2.24) is 39.0 Å². The summed E-state index contributed by atoms with van der Waals surface area (Å²) in [6.07, 6.45) is 14.1. The van der Waals surface area contributed by atoms with E-state index >= 15 is 0 Å². The summed E-state index contributed by atoms with van der Waals surface area (Å²) >= 11 is 6.11. The van der Waals surface area contributed by atoms with Crippen LogP contribution in [-0.4, -0.2) is 57.6 Å². The molecule has 0 unspecified atom stereocenters. The van der Waals surface area contributed by atoms with E-state index < -0.39 is 0 Å². The van der Waals surface area contributed by atoms with Gasteiger partial charge in [0.15, 0.2) is 23.9 Å². The molecule has 2 saturated carbocycles. The highest BCUT2D eigenvalue weighted by molar-refractivity contribution is 6.30. The average Bonchev–Trinajstić information content (AvgIpc) is 3.90. The fraction of sp³-hybridized carbons (Fsp3) is 0.281. The van der Waals surface area contributed by atoms with Gasteiger partial charge in [-0.3, -0.25) is 9.59 Å². The summed E-state index contributed by atoms with van der Waals surface area (Å²) in [4.78, 5) is 31.2. The maximum Gasteiger partial charge on any atom is 0.170 e. The number of hydrogen-bond donors (Lipinski definition) is 2. The van der Waals surface area contributed by atoms with Crippen LogP contribution < -0.4 is 10.6 Å². The first-order valence-electron chi connectivity index (χ1n) is 14.9. The van der Waals surface area contributed by atoms with E-state index in [1.54, 1.807) is 32.3 Å². The zero-order chi connectivity index (χ0) is 31.1. The Kier molecular flexibility index (Phi) is 7.50. The number of nitrogens with one attached hydrogen (secondary N) is 2. The van der Waals surface area contributed by atoms with Gasteiger partial charge in [0.1, 0.15) is 16.8 Å². The van der Waals surface area contributed by atoms with Gasteiger partial charge in [-0.2, -0.15) is 19.8 Å². The molecule has 0 amide bonds. The largest absolute Gasteiger partial charge is 0.367 e. The van der Waals surface area contributed by atoms with E-state index in [-0.39, 0.29) is 0 Å². The minimum atomic E-state index is 0.453. The first kappa shape index (κ1) is 28.7. The molecule has 2 fully saturated rings. The standard InChI is InChI=1S/C20H19N7O.C12H12ClN3O/c1-13-18(23-15-5-7-17(8-6-15)26-10-2-9-21-26)25-20-14(12-28)11-22-27(20)19(13)24-16-3-4-16;1-7-10(4-8-2-3-8)16-12(15-11(7)13)9(6-17)5-14-16/h2,5-12,16,24H,3-4H2,1H3,(H,23,25);5-6,8H,2-4H2,1H3. The van der Waals surface area contributed by atoms with E-state index in [2.05, 4.69) is 35.9 Å². The summed E-state index contributed by atoms with van der Waals surface area (Å²) < 4.78 is 5.27. The van der Waals surface area contributed by atoms with Crippen LogP contribution in [0.25, 0.3) is 17.0 Å². The molecule has 2 N–H and O–H groups in total. The molecule has 0 aliphatic heterocycles. The van der Waals surface area contributed by atoms with Gasteiger partial charge in [0.05, 0.1) is 34.9 Å². The maximum atomic E-state index is 11.4. The first-order valence-corrected chi connectivity index (χ1v) is 15.3. The molecule has 45 heavy (non-hydrogen) atoms. The van der Waals surface area contributed by atoms with Gasteiger partial charge in [0.2, 0.25) is 0 Å². The van der Waals surface area contributed by atoms with Crippen molar-refractivity contribution >= 4 is 52.8 Å². The summed E-state index contributed by atoms with van der Waals surface area (Å²) in [6.45, 7) is 3.95. The van der Waals surface area contributed by atoms with E-state index in [1.807, 2.05) is 50.4 Å². The molecule has 5 heterocycles. The molecule has 5 aromatic heterocycles. The predicted octanol–water partition coefficient (Wildman–Crippen LogP) is 5.81. The molecule has 0 spiro atoms. The minimum Gasteiger partial charge on any atom is -0.367 e. The molecule has 8 rings (SSSR count). The molecule has 13 heteroatoms. The predicted molar refractivity (Wildman–Crippen MR) is 171 cm³/mol. The number of anilines is 3. The van der Waals surface area contributed by atoms with Crippen molar-refractivity contribution < 1.29 is 9.59 Å². The molecular weight excluding hydrogens is 592 g/mol. The molecule has 1 aromatic carbocycles. The number of halogens is 1. The zero-order valence-electron chi connectivity index (χ0n) is 24.8. The fourth-order valence-electron chi connectivity index (χ4n) is 5.18. The van der Waals surface area contributed by atoms with Crippen LogP contribution in [0.3, 0.4) is 0 Å². The topological polar surface area (TPSA) is 136 Å². The molecular formula is C32H31ClN10O2. The summed E-state index contributed by atoms with van der Waals surface area (Å²) in [5.74, 6) is 2.31. The monoisotopic (exact) mass is 622 g/mol. The van der Waals surface area contributed by atoms with Crippen molar-refractivity contribution in [2.75, 3.05) is 10.6 Å². The van der Waals surface area contributed by atoms with E-state index in [0.717, 1.165) is 71.8 Å². The molecule has 0 saturated heterocycles. The summed E-state index contributed by atoms with van der Waals surface area (Å²) in [5.41, 5.74) is 6.94. The van der Waals surface area contributed by atoms with Crippen LogP contribution in [0.2, 0.25) is 5.15 Å². The van der Waals surface area contributed by atoms with Gasteiger partial charge < -0.3 is 10.6 Å². The van der Waals surface area contributed by atoms with Crippen LogP contribution >= 0.6 is 11.6 Å². The Labute approximate surface area is 263 Å². The van der Waals surface area contributed by atoms with E-state index in [4.69, 9.17) is 11.6 Å². The highest BCUT2D eigenvalue weighted by atomic mass is 35.5. The lowest BCUT2D eigenvalue weighted by atomic mass is 10.1. The van der Waals surface area contributed by atoms with E-state index in [0.29, 0.717) is 39.4 Å². The molecule has 6 aromatic rings. The van der Waals surface area contributed by atoms with Crippen molar-refractivity contribution in [3.63, 3.8) is 0 Å². The van der Waals surface area contributed by atoms with Crippen molar-refractivity contribution in [3.8, 4) is 5.69 Å². The fourth-order valence-corrected chi connectivity index (χ4v) is 5.37. The van der Waals surface area contributed by atoms with Crippen LogP contribution in [0.4, 0.5) is 17.3 Å². The van der Waals surface area contributed by atoms with Crippen LogP contribution in [0, 0.1) is 19.8 Å². The molecule has 0 radical (unpaired) electrons. The van der Waals surface area contributed by atoms with Crippen molar-refractivity contribution in [3.05, 3.63) is 88.2 Å². The Bertz CT molecular complexity index is 2020. The van der Waals surface area contributed by atoms with Gasteiger partial charge in [-0.25, -0.2) is 19.2 Å². The third-order valence-corrected chi connectivity index (χ3v) is 8.50. The third-order valence-electron chi connectivity index (χ3n) is 8.13. The summed E-state index contributed by atoms with van der Waals surface area (Å²) in [7, 11) is 0. The molecule has 0 bridgehead atoms. The Morgan fingerprint density at radius 2 is 1.58 bits per heavy atom. The quantitative estimate of drug-likeness (QED) is 0.151. The lowest BCUT2D eigenvalue weighted by molar-refractivity contribution is 0.111. The second-order valence-electron chi connectivity index (χ2n) is 11.5. The number of hydrogen-bond acceptors (Lipinski definition) is 9. The number of nitrogens with zero attached hydrogens (tertiary/aromatic N) is 8. The average molecular weight is 623 g/mol. The molecule has 0 atom stereocenters. The molecule has 228 valence electrons. The summed E-state index contributed by atoms with van der Waals surface area (Å²) in [5, 5.41) is 20.2. The van der Waals surface area contributed by atoms with Gasteiger partial charge in [0, 0.05) is 35.2 Å². The zero-order valence-corrected chi connectivity index (χ0v) is 25.6.